The van der Waals surface area contributed by atoms with Crippen molar-refractivity contribution in [3.63, 3.8) is 0 Å². The molecule has 0 bridgehead atoms. The molecule has 1 N–H and O–H groups in total. The minimum atomic E-state index is -0.514. The molecule has 5 aromatic carbocycles. The highest BCUT2D eigenvalue weighted by Gasteiger charge is 2.33. The molecule has 7 nitrogen and oxygen atoms in total. The summed E-state index contributed by atoms with van der Waals surface area (Å²) in [6, 6.07) is 45.6. The summed E-state index contributed by atoms with van der Waals surface area (Å²) in [7, 11) is 3.25. The van der Waals surface area contributed by atoms with Crippen LogP contribution in [-0.4, -0.2) is 38.9 Å². The standard InChI is InChI=1S/C39H32N4O3/c1-45-33-24-23-29(25-34(33)46-2)35(32-26-42(30-19-11-5-12-20-30)40-37(32)27-15-7-3-8-16-27)36-38(28-17-9-4-10-18-28)41-43(39(36)44)31-21-13-6-14-22-31/h3-26,35,44H,1-2H3. The predicted molar refractivity (Wildman–Crippen MR) is 180 cm³/mol. The first-order chi connectivity index (χ1) is 22.7. The topological polar surface area (TPSA) is 74.3 Å². The van der Waals surface area contributed by atoms with E-state index >= 15 is 0 Å². The van der Waals surface area contributed by atoms with Crippen LogP contribution in [0.15, 0.2) is 146 Å². The molecule has 0 aliphatic rings. The Morgan fingerprint density at radius 3 is 1.72 bits per heavy atom. The number of aromatic nitrogens is 4. The third kappa shape index (κ3) is 5.28. The quantitative estimate of drug-likeness (QED) is 0.179. The lowest BCUT2D eigenvalue weighted by molar-refractivity contribution is 0.354. The average molecular weight is 605 g/mol. The summed E-state index contributed by atoms with van der Waals surface area (Å²) in [5.41, 5.74) is 7.36. The van der Waals surface area contributed by atoms with Gasteiger partial charge >= 0.3 is 0 Å². The van der Waals surface area contributed by atoms with Gasteiger partial charge in [-0.25, -0.2) is 9.36 Å². The summed E-state index contributed by atoms with van der Waals surface area (Å²) in [4.78, 5) is 0. The van der Waals surface area contributed by atoms with Crippen LogP contribution in [0.4, 0.5) is 0 Å². The van der Waals surface area contributed by atoms with Crippen LogP contribution in [0.5, 0.6) is 17.4 Å². The van der Waals surface area contributed by atoms with Crippen molar-refractivity contribution < 1.29 is 14.6 Å². The zero-order valence-electron chi connectivity index (χ0n) is 25.5. The van der Waals surface area contributed by atoms with Gasteiger partial charge < -0.3 is 14.6 Å². The second-order valence-corrected chi connectivity index (χ2v) is 10.8. The molecule has 0 radical (unpaired) electrons. The molecule has 0 saturated heterocycles. The molecule has 2 heterocycles. The number of aromatic hydroxyl groups is 1. The number of rotatable bonds is 9. The zero-order chi connectivity index (χ0) is 31.5. The summed E-state index contributed by atoms with van der Waals surface area (Å²) in [5.74, 6) is 0.718. The summed E-state index contributed by atoms with van der Waals surface area (Å²) in [6.07, 6.45) is 2.05. The number of hydrogen-bond acceptors (Lipinski definition) is 5. The van der Waals surface area contributed by atoms with E-state index in [-0.39, 0.29) is 5.88 Å². The van der Waals surface area contributed by atoms with Crippen LogP contribution in [0.3, 0.4) is 0 Å². The van der Waals surface area contributed by atoms with Gasteiger partial charge in [0, 0.05) is 28.8 Å². The Labute approximate surface area is 267 Å². The van der Waals surface area contributed by atoms with Crippen molar-refractivity contribution in [2.24, 2.45) is 0 Å². The normalized spacial score (nSPS) is 11.7. The summed E-state index contributed by atoms with van der Waals surface area (Å²) < 4.78 is 14.9. The van der Waals surface area contributed by atoms with Gasteiger partial charge in [0.25, 0.3) is 0 Å². The summed E-state index contributed by atoms with van der Waals surface area (Å²) in [5, 5.41) is 22.4. The van der Waals surface area contributed by atoms with Crippen molar-refractivity contribution in [1.82, 2.24) is 19.6 Å². The van der Waals surface area contributed by atoms with E-state index in [0.717, 1.165) is 39.3 Å². The van der Waals surface area contributed by atoms with Crippen LogP contribution in [-0.2, 0) is 0 Å². The van der Waals surface area contributed by atoms with Crippen LogP contribution in [0.2, 0.25) is 0 Å². The van der Waals surface area contributed by atoms with Crippen LogP contribution in [0.1, 0.15) is 22.6 Å². The molecular weight excluding hydrogens is 572 g/mol. The number of nitrogens with zero attached hydrogens (tertiary/aromatic N) is 4. The average Bonchev–Trinajstić information content (AvgIpc) is 3.72. The Balaban J connectivity index is 1.57. The molecule has 0 saturated carbocycles. The van der Waals surface area contributed by atoms with Crippen molar-refractivity contribution in [1.29, 1.82) is 0 Å². The Hall–Kier alpha value is -6.08. The fourth-order valence-corrected chi connectivity index (χ4v) is 5.91. The molecule has 0 aliphatic carbocycles. The van der Waals surface area contributed by atoms with Crippen molar-refractivity contribution in [3.05, 3.63) is 162 Å². The van der Waals surface area contributed by atoms with Crippen LogP contribution >= 0.6 is 0 Å². The third-order valence-electron chi connectivity index (χ3n) is 8.10. The molecule has 7 rings (SSSR count). The maximum absolute atomic E-state index is 12.2. The third-order valence-corrected chi connectivity index (χ3v) is 8.10. The van der Waals surface area contributed by atoms with Crippen LogP contribution < -0.4 is 9.47 Å². The molecule has 1 unspecified atom stereocenters. The molecule has 46 heavy (non-hydrogen) atoms. The largest absolute Gasteiger partial charge is 0.493 e. The van der Waals surface area contributed by atoms with E-state index in [1.807, 2.05) is 138 Å². The molecule has 7 heteroatoms. The highest BCUT2D eigenvalue weighted by Crippen LogP contribution is 2.47. The molecule has 1 atom stereocenters. The van der Waals surface area contributed by atoms with Gasteiger partial charge in [-0.2, -0.15) is 10.2 Å². The fraction of sp³-hybridized carbons (Fsp3) is 0.0769. The van der Waals surface area contributed by atoms with Gasteiger partial charge in [-0.15, -0.1) is 0 Å². The number of para-hydroxylation sites is 2. The molecule has 2 aromatic heterocycles. The van der Waals surface area contributed by atoms with E-state index in [4.69, 9.17) is 19.7 Å². The first-order valence-corrected chi connectivity index (χ1v) is 15.0. The zero-order valence-corrected chi connectivity index (χ0v) is 25.5. The maximum atomic E-state index is 12.2. The van der Waals surface area contributed by atoms with Crippen molar-refractivity contribution >= 4 is 0 Å². The number of ether oxygens (including phenoxy) is 2. The second-order valence-electron chi connectivity index (χ2n) is 10.8. The molecule has 0 aliphatic heterocycles. The fourth-order valence-electron chi connectivity index (χ4n) is 5.91. The van der Waals surface area contributed by atoms with Gasteiger partial charge in [-0.3, -0.25) is 0 Å². The van der Waals surface area contributed by atoms with E-state index in [9.17, 15) is 5.11 Å². The second kappa shape index (κ2) is 12.5. The van der Waals surface area contributed by atoms with Crippen LogP contribution in [0.25, 0.3) is 33.9 Å². The molecule has 0 amide bonds. The molecular formula is C39H32N4O3. The monoisotopic (exact) mass is 604 g/mol. The minimum Gasteiger partial charge on any atom is -0.493 e. The summed E-state index contributed by atoms with van der Waals surface area (Å²) >= 11 is 0. The van der Waals surface area contributed by atoms with Gasteiger partial charge in [0.15, 0.2) is 11.5 Å². The maximum Gasteiger partial charge on any atom is 0.219 e. The first-order valence-electron chi connectivity index (χ1n) is 15.0. The lowest BCUT2D eigenvalue weighted by atomic mass is 9.83. The van der Waals surface area contributed by atoms with Crippen molar-refractivity contribution in [3.8, 4) is 51.3 Å². The van der Waals surface area contributed by atoms with E-state index in [1.54, 1.807) is 18.9 Å². The SMILES string of the molecule is COc1ccc(C(c2cn(-c3ccccc3)nc2-c2ccccc2)c2c(-c3ccccc3)nn(-c3ccccc3)c2O)cc1OC. The van der Waals surface area contributed by atoms with Gasteiger partial charge in [0.05, 0.1) is 36.9 Å². The van der Waals surface area contributed by atoms with Gasteiger partial charge in [-0.05, 0) is 42.0 Å². The lowest BCUT2D eigenvalue weighted by Gasteiger charge is -2.20. The van der Waals surface area contributed by atoms with E-state index in [1.165, 1.54) is 0 Å². The number of methoxy groups -OCH3 is 2. The highest BCUT2D eigenvalue weighted by molar-refractivity contribution is 5.74. The van der Waals surface area contributed by atoms with E-state index < -0.39 is 5.92 Å². The predicted octanol–water partition coefficient (Wildman–Crippen LogP) is 8.30. The Bertz CT molecular complexity index is 2070. The number of benzene rings is 5. The lowest BCUT2D eigenvalue weighted by Crippen LogP contribution is -2.06. The van der Waals surface area contributed by atoms with Gasteiger partial charge in [-0.1, -0.05) is 103 Å². The number of hydrogen-bond donors (Lipinski definition) is 1. The summed E-state index contributed by atoms with van der Waals surface area (Å²) in [6.45, 7) is 0. The first kappa shape index (κ1) is 28.7. The highest BCUT2D eigenvalue weighted by atomic mass is 16.5. The molecule has 0 spiro atoms. The van der Waals surface area contributed by atoms with E-state index in [2.05, 4.69) is 12.1 Å². The molecule has 0 fully saturated rings. The van der Waals surface area contributed by atoms with Crippen LogP contribution in [0, 0.1) is 0 Å². The Kier molecular flexibility index (Phi) is 7.79. The van der Waals surface area contributed by atoms with Gasteiger partial charge in [0.1, 0.15) is 5.69 Å². The Morgan fingerprint density at radius 1 is 0.587 bits per heavy atom. The van der Waals surface area contributed by atoms with Crippen molar-refractivity contribution in [2.75, 3.05) is 14.2 Å². The van der Waals surface area contributed by atoms with Crippen molar-refractivity contribution in [2.45, 2.75) is 5.92 Å². The van der Waals surface area contributed by atoms with E-state index in [0.29, 0.717) is 22.8 Å². The molecule has 226 valence electrons. The Morgan fingerprint density at radius 2 is 1.13 bits per heavy atom. The van der Waals surface area contributed by atoms with Gasteiger partial charge in [0.2, 0.25) is 5.88 Å². The molecule has 7 aromatic rings. The minimum absolute atomic E-state index is 0.0383. The smallest absolute Gasteiger partial charge is 0.219 e.